The molecule has 0 saturated carbocycles. The van der Waals surface area contributed by atoms with Gasteiger partial charge in [-0.15, -0.1) is 0 Å². The fraction of sp³-hybridized carbons (Fsp3) is 0.143. The molecule has 5 heteroatoms. The van der Waals surface area contributed by atoms with Crippen molar-refractivity contribution in [3.63, 3.8) is 0 Å². The normalized spacial score (nSPS) is 12.4. The molecule has 0 bridgehead atoms. The van der Waals surface area contributed by atoms with Crippen LogP contribution in [0.3, 0.4) is 0 Å². The molecule has 0 spiro atoms. The predicted octanol–water partition coefficient (Wildman–Crippen LogP) is 4.50. The summed E-state index contributed by atoms with van der Waals surface area (Å²) in [7, 11) is 0. The van der Waals surface area contributed by atoms with Gasteiger partial charge in [-0.05, 0) is 47.9 Å². The van der Waals surface area contributed by atoms with Crippen molar-refractivity contribution in [3.8, 4) is 0 Å². The fourth-order valence-electron chi connectivity index (χ4n) is 1.89. The Morgan fingerprint density at radius 1 is 1.11 bits per heavy atom. The van der Waals surface area contributed by atoms with E-state index in [-0.39, 0.29) is 6.04 Å². The van der Waals surface area contributed by atoms with E-state index in [1.54, 1.807) is 12.1 Å². The zero-order chi connectivity index (χ0) is 13.8. The summed E-state index contributed by atoms with van der Waals surface area (Å²) >= 11 is 15.6. The van der Waals surface area contributed by atoms with Crippen molar-refractivity contribution in [1.82, 2.24) is 5.43 Å². The zero-order valence-corrected chi connectivity index (χ0v) is 13.1. The van der Waals surface area contributed by atoms with Crippen molar-refractivity contribution >= 4 is 39.1 Å². The van der Waals surface area contributed by atoms with Gasteiger partial charge in [-0.3, -0.25) is 11.3 Å². The molecule has 1 unspecified atom stereocenters. The van der Waals surface area contributed by atoms with E-state index in [0.29, 0.717) is 16.5 Å². The van der Waals surface area contributed by atoms with Crippen LogP contribution in [0.1, 0.15) is 17.2 Å². The second kappa shape index (κ2) is 6.73. The van der Waals surface area contributed by atoms with E-state index < -0.39 is 0 Å². The highest BCUT2D eigenvalue weighted by atomic mass is 79.9. The van der Waals surface area contributed by atoms with Gasteiger partial charge in [0.15, 0.2) is 0 Å². The van der Waals surface area contributed by atoms with Crippen molar-refractivity contribution in [2.24, 2.45) is 5.84 Å². The van der Waals surface area contributed by atoms with Crippen molar-refractivity contribution in [2.45, 2.75) is 12.5 Å². The van der Waals surface area contributed by atoms with Crippen LogP contribution in [0, 0.1) is 0 Å². The first-order valence-corrected chi connectivity index (χ1v) is 7.30. The third kappa shape index (κ3) is 3.94. The van der Waals surface area contributed by atoms with E-state index in [1.165, 1.54) is 0 Å². The Morgan fingerprint density at radius 2 is 1.79 bits per heavy atom. The van der Waals surface area contributed by atoms with Crippen LogP contribution in [-0.2, 0) is 6.42 Å². The third-order valence-electron chi connectivity index (χ3n) is 2.91. The van der Waals surface area contributed by atoms with Gasteiger partial charge in [0.2, 0.25) is 0 Å². The highest BCUT2D eigenvalue weighted by Crippen LogP contribution is 2.26. The van der Waals surface area contributed by atoms with Gasteiger partial charge in [0.05, 0.1) is 6.04 Å². The number of nitrogens with two attached hydrogens (primary N) is 1. The minimum absolute atomic E-state index is 0.0101. The molecule has 0 fully saturated rings. The lowest BCUT2D eigenvalue weighted by atomic mass is 9.99. The van der Waals surface area contributed by atoms with E-state index in [1.807, 2.05) is 30.3 Å². The summed E-state index contributed by atoms with van der Waals surface area (Å²) in [5.74, 6) is 5.64. The van der Waals surface area contributed by atoms with Gasteiger partial charge in [0, 0.05) is 14.5 Å². The average Bonchev–Trinajstić information content (AvgIpc) is 2.41. The molecule has 0 aliphatic carbocycles. The Morgan fingerprint density at radius 3 is 2.42 bits per heavy atom. The van der Waals surface area contributed by atoms with Gasteiger partial charge in [-0.25, -0.2) is 0 Å². The predicted molar refractivity (Wildman–Crippen MR) is 84.4 cm³/mol. The molecule has 0 aromatic heterocycles. The second-order valence-electron chi connectivity index (χ2n) is 4.21. The first-order chi connectivity index (χ1) is 9.10. The second-order valence-corrected chi connectivity index (χ2v) is 5.97. The Hall–Kier alpha value is -0.580. The SMILES string of the molecule is NNC(Cc1cc(Cl)ccc1Cl)c1ccc(Br)cc1. The Labute approximate surface area is 131 Å². The lowest BCUT2D eigenvalue weighted by Crippen LogP contribution is -2.29. The van der Waals surface area contributed by atoms with Crippen LogP contribution in [0.25, 0.3) is 0 Å². The molecule has 2 rings (SSSR count). The first kappa shape index (κ1) is 14.8. The van der Waals surface area contributed by atoms with Gasteiger partial charge >= 0.3 is 0 Å². The molecule has 100 valence electrons. The van der Waals surface area contributed by atoms with E-state index in [0.717, 1.165) is 15.6 Å². The zero-order valence-electron chi connectivity index (χ0n) is 10.0. The topological polar surface area (TPSA) is 38.0 Å². The largest absolute Gasteiger partial charge is 0.271 e. The average molecular weight is 360 g/mol. The molecule has 0 amide bonds. The maximum Gasteiger partial charge on any atom is 0.0500 e. The molecule has 0 aliphatic heterocycles. The lowest BCUT2D eigenvalue weighted by Gasteiger charge is -2.17. The molecular weight excluding hydrogens is 347 g/mol. The van der Waals surface area contributed by atoms with Gasteiger partial charge < -0.3 is 0 Å². The number of hydrogen-bond donors (Lipinski definition) is 2. The van der Waals surface area contributed by atoms with Crippen LogP contribution in [0.4, 0.5) is 0 Å². The first-order valence-electron chi connectivity index (χ1n) is 5.75. The molecule has 0 saturated heterocycles. The molecule has 19 heavy (non-hydrogen) atoms. The van der Waals surface area contributed by atoms with Crippen molar-refractivity contribution in [2.75, 3.05) is 0 Å². The molecule has 2 aromatic rings. The van der Waals surface area contributed by atoms with E-state index in [2.05, 4.69) is 21.4 Å². The molecule has 2 nitrogen and oxygen atoms in total. The minimum atomic E-state index is -0.0101. The molecule has 0 aliphatic rings. The number of halogens is 3. The molecular formula is C14H13BrCl2N2. The Bertz CT molecular complexity index is 558. The maximum absolute atomic E-state index is 6.18. The standard InChI is InChI=1S/C14H13BrCl2N2/c15-11-3-1-9(2-4-11)14(19-18)8-10-7-12(16)5-6-13(10)17/h1-7,14,19H,8,18H2. The number of nitrogens with one attached hydrogen (secondary N) is 1. The molecule has 0 radical (unpaired) electrons. The van der Waals surface area contributed by atoms with Crippen LogP contribution in [0.2, 0.25) is 10.0 Å². The van der Waals surface area contributed by atoms with Crippen molar-refractivity contribution in [1.29, 1.82) is 0 Å². The van der Waals surface area contributed by atoms with Crippen LogP contribution < -0.4 is 11.3 Å². The quantitative estimate of drug-likeness (QED) is 0.622. The number of rotatable bonds is 4. The van der Waals surface area contributed by atoms with Crippen LogP contribution >= 0.6 is 39.1 Å². The summed E-state index contributed by atoms with van der Waals surface area (Å²) in [5.41, 5.74) is 4.89. The Kier molecular flexibility index (Phi) is 5.25. The summed E-state index contributed by atoms with van der Waals surface area (Å²) in [6.45, 7) is 0. The lowest BCUT2D eigenvalue weighted by molar-refractivity contribution is 0.552. The summed E-state index contributed by atoms with van der Waals surface area (Å²) in [6, 6.07) is 13.4. The summed E-state index contributed by atoms with van der Waals surface area (Å²) in [5, 5.41) is 1.37. The monoisotopic (exact) mass is 358 g/mol. The molecule has 2 aromatic carbocycles. The van der Waals surface area contributed by atoms with Gasteiger partial charge in [-0.2, -0.15) is 0 Å². The van der Waals surface area contributed by atoms with E-state index >= 15 is 0 Å². The summed E-state index contributed by atoms with van der Waals surface area (Å²) < 4.78 is 1.04. The van der Waals surface area contributed by atoms with Crippen molar-refractivity contribution in [3.05, 3.63) is 68.1 Å². The smallest absolute Gasteiger partial charge is 0.0500 e. The van der Waals surface area contributed by atoms with E-state index in [4.69, 9.17) is 29.0 Å². The fourth-order valence-corrected chi connectivity index (χ4v) is 2.54. The Balaban J connectivity index is 2.23. The van der Waals surface area contributed by atoms with Crippen molar-refractivity contribution < 1.29 is 0 Å². The molecule has 3 N–H and O–H groups in total. The molecule has 0 heterocycles. The maximum atomic E-state index is 6.18. The summed E-state index contributed by atoms with van der Waals surface area (Å²) in [6.07, 6.45) is 0.678. The number of hydrazine groups is 1. The van der Waals surface area contributed by atoms with Gasteiger partial charge in [0.1, 0.15) is 0 Å². The highest BCUT2D eigenvalue weighted by molar-refractivity contribution is 9.10. The number of benzene rings is 2. The minimum Gasteiger partial charge on any atom is -0.271 e. The van der Waals surface area contributed by atoms with Crippen LogP contribution in [0.15, 0.2) is 46.9 Å². The summed E-state index contributed by atoms with van der Waals surface area (Å²) in [4.78, 5) is 0. The van der Waals surface area contributed by atoms with E-state index in [9.17, 15) is 0 Å². The van der Waals surface area contributed by atoms with Crippen LogP contribution in [0.5, 0.6) is 0 Å². The van der Waals surface area contributed by atoms with Crippen LogP contribution in [-0.4, -0.2) is 0 Å². The number of hydrogen-bond acceptors (Lipinski definition) is 2. The third-order valence-corrected chi connectivity index (χ3v) is 4.04. The highest BCUT2D eigenvalue weighted by Gasteiger charge is 2.13. The van der Waals surface area contributed by atoms with Gasteiger partial charge in [0.25, 0.3) is 0 Å². The molecule has 1 atom stereocenters. The van der Waals surface area contributed by atoms with Gasteiger partial charge in [-0.1, -0.05) is 51.3 Å².